The van der Waals surface area contributed by atoms with E-state index in [9.17, 15) is 9.90 Å². The molecule has 1 aliphatic rings. The molecule has 3 nitrogen and oxygen atoms in total. The maximum Gasteiger partial charge on any atom is 0.342 e. The fourth-order valence-corrected chi connectivity index (χ4v) is 2.88. The van der Waals surface area contributed by atoms with Crippen LogP contribution in [0.1, 0.15) is 41.6 Å². The molecule has 0 aliphatic carbocycles. The Morgan fingerprint density at radius 1 is 1.27 bits per heavy atom. The summed E-state index contributed by atoms with van der Waals surface area (Å²) >= 11 is 6.33. The Balaban J connectivity index is 2.26. The smallest absolute Gasteiger partial charge is 0.342 e. The van der Waals surface area contributed by atoms with Crippen molar-refractivity contribution in [3.8, 4) is 5.75 Å². The van der Waals surface area contributed by atoms with Crippen molar-refractivity contribution in [2.75, 3.05) is 6.61 Å². The normalized spacial score (nSPS) is 22.3. The number of hydrogen-bond donors (Lipinski definition) is 1. The molecule has 118 valence electrons. The molecule has 0 radical (unpaired) electrons. The second-order valence-corrected chi connectivity index (χ2v) is 6.13. The van der Waals surface area contributed by atoms with Crippen LogP contribution < -0.4 is 0 Å². The number of phenols is 1. The standard InChI is InChI=1S/C18H21ClO3/c1-13-11-14-7-6-9-16(20)17(14)18(21)22-10-5-3-2-4-8-15(19)12-13/h2-3,6-7,9,15,20H,1,4-5,8,10-12H2/b3-2+. The van der Waals surface area contributed by atoms with E-state index >= 15 is 0 Å². The van der Waals surface area contributed by atoms with E-state index in [0.29, 0.717) is 25.9 Å². The molecule has 1 heterocycles. The van der Waals surface area contributed by atoms with Crippen molar-refractivity contribution < 1.29 is 14.6 Å². The first-order valence-corrected chi connectivity index (χ1v) is 7.95. The number of hydrogen-bond acceptors (Lipinski definition) is 3. The van der Waals surface area contributed by atoms with Gasteiger partial charge >= 0.3 is 5.97 Å². The summed E-state index contributed by atoms with van der Waals surface area (Å²) in [5, 5.41) is 10.0. The molecule has 1 atom stereocenters. The largest absolute Gasteiger partial charge is 0.507 e. The second-order valence-electron chi connectivity index (χ2n) is 5.51. The Morgan fingerprint density at radius 2 is 2.05 bits per heavy atom. The van der Waals surface area contributed by atoms with Crippen LogP contribution in [0.2, 0.25) is 0 Å². The van der Waals surface area contributed by atoms with Crippen molar-refractivity contribution >= 4 is 17.6 Å². The molecule has 0 saturated heterocycles. The SMILES string of the molecule is C=C1Cc2cccc(O)c2C(=O)OCC/C=C/CCC(Cl)C1. The molecule has 0 aromatic heterocycles. The average Bonchev–Trinajstić information content (AvgIpc) is 2.45. The predicted octanol–water partition coefficient (Wildman–Crippen LogP) is 4.39. The lowest BCUT2D eigenvalue weighted by molar-refractivity contribution is 0.0507. The van der Waals surface area contributed by atoms with Gasteiger partial charge in [-0.3, -0.25) is 0 Å². The molecule has 0 bridgehead atoms. The van der Waals surface area contributed by atoms with Crippen molar-refractivity contribution in [1.29, 1.82) is 0 Å². The molecule has 0 saturated carbocycles. The molecule has 1 aromatic rings. The van der Waals surface area contributed by atoms with E-state index in [2.05, 4.69) is 12.7 Å². The van der Waals surface area contributed by atoms with E-state index < -0.39 is 5.97 Å². The zero-order valence-corrected chi connectivity index (χ0v) is 13.3. The number of esters is 1. The highest BCUT2D eigenvalue weighted by Crippen LogP contribution is 2.26. The summed E-state index contributed by atoms with van der Waals surface area (Å²) in [6, 6.07) is 5.03. The summed E-state index contributed by atoms with van der Waals surface area (Å²) in [6.07, 6.45) is 7.72. The van der Waals surface area contributed by atoms with Crippen LogP contribution in [0.5, 0.6) is 5.75 Å². The van der Waals surface area contributed by atoms with Gasteiger partial charge in [-0.15, -0.1) is 11.6 Å². The van der Waals surface area contributed by atoms with Crippen LogP contribution in [0.15, 0.2) is 42.5 Å². The Labute approximate surface area is 136 Å². The molecule has 2 rings (SSSR count). The van der Waals surface area contributed by atoms with E-state index in [0.717, 1.165) is 24.0 Å². The molecule has 0 fully saturated rings. The number of cyclic esters (lactones) is 1. The number of rotatable bonds is 0. The van der Waals surface area contributed by atoms with Gasteiger partial charge in [0.1, 0.15) is 11.3 Å². The number of aromatic hydroxyl groups is 1. The minimum atomic E-state index is -0.492. The third-order valence-corrected chi connectivity index (χ3v) is 3.99. The van der Waals surface area contributed by atoms with Gasteiger partial charge in [0.05, 0.1) is 6.61 Å². The number of carbonyl (C=O) groups is 1. The highest BCUT2D eigenvalue weighted by atomic mass is 35.5. The van der Waals surface area contributed by atoms with Crippen molar-refractivity contribution in [1.82, 2.24) is 0 Å². The maximum atomic E-state index is 12.2. The number of allylic oxidation sites excluding steroid dienone is 2. The zero-order chi connectivity index (χ0) is 15.9. The van der Waals surface area contributed by atoms with Crippen LogP contribution >= 0.6 is 11.6 Å². The lowest BCUT2D eigenvalue weighted by Crippen LogP contribution is -2.11. The zero-order valence-electron chi connectivity index (χ0n) is 12.6. The number of fused-ring (bicyclic) bond motifs is 1. The van der Waals surface area contributed by atoms with Crippen LogP contribution in [0, 0.1) is 0 Å². The van der Waals surface area contributed by atoms with Crippen molar-refractivity contribution in [2.24, 2.45) is 0 Å². The van der Waals surface area contributed by atoms with E-state index in [4.69, 9.17) is 16.3 Å². The number of alkyl halides is 1. The van der Waals surface area contributed by atoms with E-state index in [1.165, 1.54) is 6.07 Å². The molecular weight excluding hydrogens is 300 g/mol. The summed E-state index contributed by atoms with van der Waals surface area (Å²) in [5.41, 5.74) is 1.91. The molecule has 1 N–H and O–H groups in total. The number of halogens is 1. The summed E-state index contributed by atoms with van der Waals surface area (Å²) in [6.45, 7) is 4.35. The first kappa shape index (κ1) is 16.6. The Bertz CT molecular complexity index is 578. The summed E-state index contributed by atoms with van der Waals surface area (Å²) in [4.78, 5) is 12.2. The first-order valence-electron chi connectivity index (χ1n) is 7.51. The molecule has 1 aromatic carbocycles. The average molecular weight is 321 g/mol. The third-order valence-electron chi connectivity index (χ3n) is 3.61. The highest BCUT2D eigenvalue weighted by Gasteiger charge is 2.19. The second kappa shape index (κ2) is 8.04. The topological polar surface area (TPSA) is 46.5 Å². The quantitative estimate of drug-likeness (QED) is 0.438. The van der Waals surface area contributed by atoms with Crippen LogP contribution in [-0.4, -0.2) is 23.1 Å². The maximum absolute atomic E-state index is 12.2. The van der Waals surface area contributed by atoms with Gasteiger partial charge in [-0.2, -0.15) is 0 Å². The summed E-state index contributed by atoms with van der Waals surface area (Å²) in [5.74, 6) is -0.547. The Kier molecular flexibility index (Phi) is 6.08. The first-order chi connectivity index (χ1) is 10.6. The number of phenolic OH excluding ortho intramolecular Hbond substituents is 1. The van der Waals surface area contributed by atoms with E-state index in [-0.39, 0.29) is 16.7 Å². The minimum absolute atomic E-state index is 0.0350. The van der Waals surface area contributed by atoms with Gasteiger partial charge in [-0.25, -0.2) is 4.79 Å². The highest BCUT2D eigenvalue weighted by molar-refractivity contribution is 6.20. The minimum Gasteiger partial charge on any atom is -0.507 e. The Hall–Kier alpha value is -1.74. The fraction of sp³-hybridized carbons (Fsp3) is 0.389. The van der Waals surface area contributed by atoms with Crippen molar-refractivity contribution in [3.63, 3.8) is 0 Å². The monoisotopic (exact) mass is 320 g/mol. The van der Waals surface area contributed by atoms with Gasteiger partial charge in [-0.05, 0) is 43.7 Å². The molecule has 0 amide bonds. The van der Waals surface area contributed by atoms with Crippen LogP contribution in [0.3, 0.4) is 0 Å². The van der Waals surface area contributed by atoms with Gasteiger partial charge in [0, 0.05) is 5.38 Å². The lowest BCUT2D eigenvalue weighted by Gasteiger charge is -2.15. The van der Waals surface area contributed by atoms with Crippen LogP contribution in [0.4, 0.5) is 0 Å². The molecule has 0 spiro atoms. The van der Waals surface area contributed by atoms with Gasteiger partial charge in [0.25, 0.3) is 0 Å². The molecule has 22 heavy (non-hydrogen) atoms. The van der Waals surface area contributed by atoms with Crippen molar-refractivity contribution in [3.05, 3.63) is 53.6 Å². The molecular formula is C18H21ClO3. The van der Waals surface area contributed by atoms with E-state index in [1.54, 1.807) is 6.07 Å². The third kappa shape index (κ3) is 4.63. The summed E-state index contributed by atoms with van der Waals surface area (Å²) < 4.78 is 5.24. The van der Waals surface area contributed by atoms with Gasteiger partial charge in [0.15, 0.2) is 0 Å². The number of benzene rings is 1. The Morgan fingerprint density at radius 3 is 2.86 bits per heavy atom. The molecule has 1 unspecified atom stereocenters. The number of carbonyl (C=O) groups excluding carboxylic acids is 1. The van der Waals surface area contributed by atoms with Gasteiger partial charge in [0.2, 0.25) is 0 Å². The number of ether oxygens (including phenoxy) is 1. The van der Waals surface area contributed by atoms with E-state index in [1.807, 2.05) is 12.1 Å². The fourth-order valence-electron chi connectivity index (χ4n) is 2.53. The van der Waals surface area contributed by atoms with Gasteiger partial charge < -0.3 is 9.84 Å². The predicted molar refractivity (Wildman–Crippen MR) is 88.5 cm³/mol. The van der Waals surface area contributed by atoms with Gasteiger partial charge in [-0.1, -0.05) is 36.4 Å². The van der Waals surface area contributed by atoms with Crippen molar-refractivity contribution in [2.45, 2.75) is 37.5 Å². The lowest BCUT2D eigenvalue weighted by atomic mass is 9.96. The summed E-state index contributed by atoms with van der Waals surface area (Å²) in [7, 11) is 0. The van der Waals surface area contributed by atoms with Crippen LogP contribution in [0.25, 0.3) is 0 Å². The molecule has 1 aliphatic heterocycles. The van der Waals surface area contributed by atoms with Crippen LogP contribution in [-0.2, 0) is 11.2 Å². The molecule has 4 heteroatoms.